The van der Waals surface area contributed by atoms with Gasteiger partial charge in [-0.05, 0) is 58.5 Å². The van der Waals surface area contributed by atoms with Gasteiger partial charge in [0, 0.05) is 18.0 Å². The number of nitrogens with zero attached hydrogens (tertiary/aromatic N) is 2. The molecule has 2 aromatic rings. The maximum absolute atomic E-state index is 4.61. The van der Waals surface area contributed by atoms with E-state index in [-0.39, 0.29) is 0 Å². The van der Waals surface area contributed by atoms with Crippen molar-refractivity contribution in [2.75, 3.05) is 25.5 Å². The van der Waals surface area contributed by atoms with Crippen molar-refractivity contribution < 1.29 is 0 Å². The summed E-state index contributed by atoms with van der Waals surface area (Å²) in [6, 6.07) is 13.0. The third-order valence-electron chi connectivity index (χ3n) is 3.72. The molecule has 0 fully saturated rings. The van der Waals surface area contributed by atoms with Gasteiger partial charge < -0.3 is 10.2 Å². The van der Waals surface area contributed by atoms with E-state index >= 15 is 0 Å². The van der Waals surface area contributed by atoms with Crippen LogP contribution in [-0.4, -0.2) is 36.1 Å². The molecule has 108 valence electrons. The molecule has 0 saturated heterocycles. The van der Waals surface area contributed by atoms with E-state index in [9.17, 15) is 0 Å². The number of hydrogen-bond acceptors (Lipinski definition) is 3. The first-order chi connectivity index (χ1) is 9.66. The minimum Gasteiger partial charge on any atom is -0.370 e. The summed E-state index contributed by atoms with van der Waals surface area (Å²) in [5.41, 5.74) is 1.05. The molecular formula is C17H25N3. The van der Waals surface area contributed by atoms with Gasteiger partial charge in [-0.1, -0.05) is 18.2 Å². The Morgan fingerprint density at radius 2 is 1.90 bits per heavy atom. The Morgan fingerprint density at radius 1 is 1.10 bits per heavy atom. The molecule has 20 heavy (non-hydrogen) atoms. The second-order valence-electron chi connectivity index (χ2n) is 5.60. The lowest BCUT2D eigenvalue weighted by Gasteiger charge is -2.20. The molecule has 0 spiro atoms. The molecule has 0 saturated carbocycles. The molecule has 0 atom stereocenters. The van der Waals surface area contributed by atoms with Crippen LogP contribution in [0.5, 0.6) is 0 Å². The first-order valence-corrected chi connectivity index (χ1v) is 7.47. The molecule has 0 aliphatic heterocycles. The average Bonchev–Trinajstić information content (AvgIpc) is 2.46. The molecule has 1 heterocycles. The number of rotatable bonds is 7. The SMILES string of the molecule is CC(C)N(C)CCCCNc1ccc2ccccc2n1. The van der Waals surface area contributed by atoms with Crippen molar-refractivity contribution in [3.05, 3.63) is 36.4 Å². The van der Waals surface area contributed by atoms with Crippen LogP contribution >= 0.6 is 0 Å². The minimum atomic E-state index is 0.630. The zero-order chi connectivity index (χ0) is 14.4. The predicted molar refractivity (Wildman–Crippen MR) is 87.2 cm³/mol. The Hall–Kier alpha value is -1.61. The molecule has 3 nitrogen and oxygen atoms in total. The van der Waals surface area contributed by atoms with Gasteiger partial charge in [-0.2, -0.15) is 0 Å². The second kappa shape index (κ2) is 7.25. The van der Waals surface area contributed by atoms with Crippen LogP contribution in [-0.2, 0) is 0 Å². The molecule has 2 rings (SSSR count). The molecule has 1 aromatic heterocycles. The standard InChI is InChI=1S/C17H25N3/c1-14(2)20(3)13-7-6-12-18-17-11-10-15-8-4-5-9-16(15)19-17/h4-5,8-11,14H,6-7,12-13H2,1-3H3,(H,18,19). The molecule has 1 N–H and O–H groups in total. The molecule has 3 heteroatoms. The fourth-order valence-electron chi connectivity index (χ4n) is 2.13. The zero-order valence-electron chi connectivity index (χ0n) is 12.8. The summed E-state index contributed by atoms with van der Waals surface area (Å²) >= 11 is 0. The first kappa shape index (κ1) is 14.8. The summed E-state index contributed by atoms with van der Waals surface area (Å²) < 4.78 is 0. The molecule has 0 amide bonds. The van der Waals surface area contributed by atoms with E-state index in [1.54, 1.807) is 0 Å². The van der Waals surface area contributed by atoms with E-state index in [0.717, 1.165) is 24.4 Å². The summed E-state index contributed by atoms with van der Waals surface area (Å²) in [4.78, 5) is 7.00. The summed E-state index contributed by atoms with van der Waals surface area (Å²) in [7, 11) is 2.18. The third kappa shape index (κ3) is 4.20. The second-order valence-corrected chi connectivity index (χ2v) is 5.60. The monoisotopic (exact) mass is 271 g/mol. The van der Waals surface area contributed by atoms with E-state index < -0.39 is 0 Å². The number of anilines is 1. The molecule has 0 radical (unpaired) electrons. The normalized spacial score (nSPS) is 11.4. The summed E-state index contributed by atoms with van der Waals surface area (Å²) in [6.45, 7) is 6.61. The van der Waals surface area contributed by atoms with Crippen LogP contribution in [0, 0.1) is 0 Å². The maximum Gasteiger partial charge on any atom is 0.126 e. The average molecular weight is 271 g/mol. The molecule has 1 aromatic carbocycles. The third-order valence-corrected chi connectivity index (χ3v) is 3.72. The number of para-hydroxylation sites is 1. The van der Waals surface area contributed by atoms with Crippen LogP contribution < -0.4 is 5.32 Å². The molecule has 0 aliphatic carbocycles. The number of fused-ring (bicyclic) bond motifs is 1. The van der Waals surface area contributed by atoms with Crippen molar-refractivity contribution in [1.82, 2.24) is 9.88 Å². The number of unbranched alkanes of at least 4 members (excludes halogenated alkanes) is 1. The van der Waals surface area contributed by atoms with E-state index in [1.165, 1.54) is 18.2 Å². The molecule has 0 bridgehead atoms. The van der Waals surface area contributed by atoms with E-state index in [2.05, 4.69) is 60.4 Å². The molecule has 0 aliphatic rings. The van der Waals surface area contributed by atoms with Gasteiger partial charge in [0.05, 0.1) is 5.52 Å². The van der Waals surface area contributed by atoms with Crippen molar-refractivity contribution in [3.8, 4) is 0 Å². The van der Waals surface area contributed by atoms with Crippen LogP contribution in [0.1, 0.15) is 26.7 Å². The lowest BCUT2D eigenvalue weighted by Crippen LogP contribution is -2.27. The number of hydrogen-bond donors (Lipinski definition) is 1. The number of aromatic nitrogens is 1. The Bertz CT molecular complexity index is 537. The van der Waals surface area contributed by atoms with Gasteiger partial charge in [-0.3, -0.25) is 0 Å². The van der Waals surface area contributed by atoms with E-state index in [1.807, 2.05) is 12.1 Å². The maximum atomic E-state index is 4.61. The summed E-state index contributed by atoms with van der Waals surface area (Å²) in [6.07, 6.45) is 2.39. The highest BCUT2D eigenvalue weighted by molar-refractivity contribution is 5.79. The summed E-state index contributed by atoms with van der Waals surface area (Å²) in [5.74, 6) is 0.973. The molecular weight excluding hydrogens is 246 g/mol. The van der Waals surface area contributed by atoms with Gasteiger partial charge >= 0.3 is 0 Å². The van der Waals surface area contributed by atoms with E-state index in [0.29, 0.717) is 6.04 Å². The van der Waals surface area contributed by atoms with Crippen molar-refractivity contribution >= 4 is 16.7 Å². The van der Waals surface area contributed by atoms with Gasteiger partial charge in [0.25, 0.3) is 0 Å². The Balaban J connectivity index is 1.76. The number of benzene rings is 1. The van der Waals surface area contributed by atoms with Crippen LogP contribution in [0.4, 0.5) is 5.82 Å². The topological polar surface area (TPSA) is 28.2 Å². The van der Waals surface area contributed by atoms with Crippen LogP contribution in [0.2, 0.25) is 0 Å². The molecule has 0 unspecified atom stereocenters. The highest BCUT2D eigenvalue weighted by atomic mass is 15.1. The lowest BCUT2D eigenvalue weighted by molar-refractivity contribution is 0.269. The zero-order valence-corrected chi connectivity index (χ0v) is 12.8. The van der Waals surface area contributed by atoms with Crippen molar-refractivity contribution in [2.45, 2.75) is 32.7 Å². The highest BCUT2D eigenvalue weighted by Gasteiger charge is 2.02. The first-order valence-electron chi connectivity index (χ1n) is 7.47. The van der Waals surface area contributed by atoms with Crippen molar-refractivity contribution in [3.63, 3.8) is 0 Å². The number of pyridine rings is 1. The number of nitrogens with one attached hydrogen (secondary N) is 1. The van der Waals surface area contributed by atoms with Crippen LogP contribution in [0.3, 0.4) is 0 Å². The Labute approximate surface area is 122 Å². The van der Waals surface area contributed by atoms with Gasteiger partial charge in [0.15, 0.2) is 0 Å². The van der Waals surface area contributed by atoms with Gasteiger partial charge in [0.2, 0.25) is 0 Å². The largest absolute Gasteiger partial charge is 0.370 e. The van der Waals surface area contributed by atoms with Crippen LogP contribution in [0.25, 0.3) is 10.9 Å². The Kier molecular flexibility index (Phi) is 5.36. The predicted octanol–water partition coefficient (Wildman–Crippen LogP) is 3.77. The Morgan fingerprint density at radius 3 is 2.70 bits per heavy atom. The highest BCUT2D eigenvalue weighted by Crippen LogP contribution is 2.14. The van der Waals surface area contributed by atoms with E-state index in [4.69, 9.17) is 0 Å². The fraction of sp³-hybridized carbons (Fsp3) is 0.471. The van der Waals surface area contributed by atoms with Gasteiger partial charge in [0.1, 0.15) is 5.82 Å². The summed E-state index contributed by atoms with van der Waals surface area (Å²) in [5, 5.41) is 4.60. The minimum absolute atomic E-state index is 0.630. The van der Waals surface area contributed by atoms with Gasteiger partial charge in [-0.15, -0.1) is 0 Å². The van der Waals surface area contributed by atoms with Gasteiger partial charge in [-0.25, -0.2) is 4.98 Å². The fourth-order valence-corrected chi connectivity index (χ4v) is 2.13. The quantitative estimate of drug-likeness (QED) is 0.777. The smallest absolute Gasteiger partial charge is 0.126 e. The van der Waals surface area contributed by atoms with Crippen molar-refractivity contribution in [2.24, 2.45) is 0 Å². The van der Waals surface area contributed by atoms with Crippen molar-refractivity contribution in [1.29, 1.82) is 0 Å². The lowest BCUT2D eigenvalue weighted by atomic mass is 10.2. The van der Waals surface area contributed by atoms with Crippen LogP contribution in [0.15, 0.2) is 36.4 Å².